The Morgan fingerprint density at radius 3 is 1.86 bits per heavy atom. The van der Waals surface area contributed by atoms with Crippen molar-refractivity contribution in [2.45, 2.75) is 77.5 Å². The Morgan fingerprint density at radius 2 is 1.36 bits per heavy atom. The number of benzene rings is 1. The number of hydrogen-bond acceptors (Lipinski definition) is 6. The fraction of sp³-hybridized carbons (Fsp3) is 0.560. The third kappa shape index (κ3) is 9.65. The standard InChI is InChI=1S/C25H38N4O7/c1-5-14(3)20(26)23(33)27-17(13-19(30)31)22(32)29-21(15(4)6-2)24(34)28-18(25(35)36)12-16-10-8-7-9-11-16/h7-11,14-15,17-18,20-21H,5-6,12-13,26H2,1-4H3,(H,27,33)(H,28,34)(H,29,32)(H,30,31)(H,35,36). The summed E-state index contributed by atoms with van der Waals surface area (Å²) in [5.74, 6) is -5.46. The fourth-order valence-corrected chi connectivity index (χ4v) is 3.43. The van der Waals surface area contributed by atoms with E-state index in [0.29, 0.717) is 18.4 Å². The Balaban J connectivity index is 3.05. The summed E-state index contributed by atoms with van der Waals surface area (Å²) in [6, 6.07) is 3.95. The van der Waals surface area contributed by atoms with Crippen LogP contribution in [0.4, 0.5) is 0 Å². The average molecular weight is 507 g/mol. The van der Waals surface area contributed by atoms with Crippen LogP contribution >= 0.6 is 0 Å². The summed E-state index contributed by atoms with van der Waals surface area (Å²) in [6.45, 7) is 7.09. The van der Waals surface area contributed by atoms with Crippen LogP contribution in [0.1, 0.15) is 52.5 Å². The predicted molar refractivity (Wildman–Crippen MR) is 133 cm³/mol. The molecule has 0 saturated heterocycles. The SMILES string of the molecule is CCC(C)C(N)C(=O)NC(CC(=O)O)C(=O)NC(C(=O)NC(Cc1ccccc1)C(=O)O)C(C)CC. The van der Waals surface area contributed by atoms with Crippen LogP contribution in [-0.4, -0.2) is 64.0 Å². The second kappa shape index (κ2) is 14.8. The molecule has 11 heteroatoms. The first-order valence-electron chi connectivity index (χ1n) is 12.1. The van der Waals surface area contributed by atoms with Crippen molar-refractivity contribution in [2.75, 3.05) is 0 Å². The van der Waals surface area contributed by atoms with Gasteiger partial charge in [-0.2, -0.15) is 0 Å². The van der Waals surface area contributed by atoms with Gasteiger partial charge in [0.2, 0.25) is 17.7 Å². The van der Waals surface area contributed by atoms with Gasteiger partial charge in [0.15, 0.2) is 0 Å². The molecule has 36 heavy (non-hydrogen) atoms. The molecule has 1 aromatic carbocycles. The first kappa shape index (κ1) is 30.6. The van der Waals surface area contributed by atoms with Gasteiger partial charge in [0.05, 0.1) is 12.5 Å². The molecule has 0 aliphatic heterocycles. The van der Waals surface area contributed by atoms with E-state index in [0.717, 1.165) is 0 Å². The van der Waals surface area contributed by atoms with E-state index in [-0.39, 0.29) is 12.3 Å². The maximum atomic E-state index is 13.1. The molecule has 0 spiro atoms. The number of carbonyl (C=O) groups excluding carboxylic acids is 3. The summed E-state index contributed by atoms with van der Waals surface area (Å²) < 4.78 is 0. The third-order valence-electron chi connectivity index (χ3n) is 6.26. The molecule has 3 amide bonds. The van der Waals surface area contributed by atoms with Crippen LogP contribution in [0.5, 0.6) is 0 Å². The summed E-state index contributed by atoms with van der Waals surface area (Å²) in [5.41, 5.74) is 6.61. The maximum absolute atomic E-state index is 13.1. The highest BCUT2D eigenvalue weighted by Crippen LogP contribution is 2.11. The van der Waals surface area contributed by atoms with E-state index in [9.17, 15) is 34.2 Å². The zero-order valence-corrected chi connectivity index (χ0v) is 21.2. The van der Waals surface area contributed by atoms with Gasteiger partial charge in [-0.1, -0.05) is 70.9 Å². The zero-order valence-electron chi connectivity index (χ0n) is 21.2. The number of nitrogens with two attached hydrogens (primary N) is 1. The van der Waals surface area contributed by atoms with Crippen molar-refractivity contribution in [1.29, 1.82) is 0 Å². The molecule has 0 bridgehead atoms. The van der Waals surface area contributed by atoms with Crippen LogP contribution < -0.4 is 21.7 Å². The van der Waals surface area contributed by atoms with E-state index in [1.165, 1.54) is 0 Å². The van der Waals surface area contributed by atoms with Crippen molar-refractivity contribution in [3.63, 3.8) is 0 Å². The van der Waals surface area contributed by atoms with Crippen molar-refractivity contribution >= 4 is 29.7 Å². The van der Waals surface area contributed by atoms with Gasteiger partial charge in [0, 0.05) is 6.42 Å². The Kier molecular flexibility index (Phi) is 12.6. The van der Waals surface area contributed by atoms with Crippen LogP contribution in [0.2, 0.25) is 0 Å². The van der Waals surface area contributed by atoms with Gasteiger partial charge in [-0.25, -0.2) is 4.79 Å². The molecular weight excluding hydrogens is 468 g/mol. The average Bonchev–Trinajstić information content (AvgIpc) is 2.84. The van der Waals surface area contributed by atoms with Gasteiger partial charge in [-0.3, -0.25) is 19.2 Å². The van der Waals surface area contributed by atoms with Crippen molar-refractivity contribution < 1.29 is 34.2 Å². The van der Waals surface area contributed by atoms with Gasteiger partial charge < -0.3 is 31.9 Å². The van der Waals surface area contributed by atoms with Crippen molar-refractivity contribution in [3.05, 3.63) is 35.9 Å². The highest BCUT2D eigenvalue weighted by atomic mass is 16.4. The first-order chi connectivity index (χ1) is 16.9. The molecule has 0 heterocycles. The molecule has 0 aliphatic rings. The molecule has 11 nitrogen and oxygen atoms in total. The van der Waals surface area contributed by atoms with Gasteiger partial charge in [0.1, 0.15) is 18.1 Å². The van der Waals surface area contributed by atoms with Crippen LogP contribution in [0.25, 0.3) is 0 Å². The van der Waals surface area contributed by atoms with Crippen LogP contribution in [0.3, 0.4) is 0 Å². The van der Waals surface area contributed by atoms with E-state index in [1.54, 1.807) is 51.1 Å². The van der Waals surface area contributed by atoms with E-state index >= 15 is 0 Å². The number of hydrogen-bond donors (Lipinski definition) is 6. The zero-order chi connectivity index (χ0) is 27.4. The predicted octanol–water partition coefficient (Wildman–Crippen LogP) is 0.662. The molecule has 0 aromatic heterocycles. The monoisotopic (exact) mass is 506 g/mol. The smallest absolute Gasteiger partial charge is 0.326 e. The first-order valence-corrected chi connectivity index (χ1v) is 12.1. The van der Waals surface area contributed by atoms with Crippen molar-refractivity contribution in [1.82, 2.24) is 16.0 Å². The topological polar surface area (TPSA) is 188 Å². The Bertz CT molecular complexity index is 909. The molecule has 6 atom stereocenters. The molecule has 0 fully saturated rings. The summed E-state index contributed by atoms with van der Waals surface area (Å²) in [6.07, 6.45) is 0.387. The number of rotatable bonds is 15. The lowest BCUT2D eigenvalue weighted by Gasteiger charge is -2.28. The maximum Gasteiger partial charge on any atom is 0.326 e. The summed E-state index contributed by atoms with van der Waals surface area (Å²) in [7, 11) is 0. The van der Waals surface area contributed by atoms with E-state index in [4.69, 9.17) is 5.73 Å². The molecule has 7 N–H and O–H groups in total. The minimum atomic E-state index is -1.47. The number of nitrogens with one attached hydrogen (secondary N) is 3. The minimum Gasteiger partial charge on any atom is -0.481 e. The molecule has 0 aliphatic carbocycles. The molecule has 6 unspecified atom stereocenters. The molecule has 200 valence electrons. The Labute approximate surface area is 211 Å². The number of amides is 3. The van der Waals surface area contributed by atoms with Gasteiger partial charge >= 0.3 is 11.9 Å². The van der Waals surface area contributed by atoms with E-state index < -0.39 is 66.2 Å². The summed E-state index contributed by atoms with van der Waals surface area (Å²) in [5, 5.41) is 26.2. The second-order valence-electron chi connectivity index (χ2n) is 9.03. The highest BCUT2D eigenvalue weighted by molar-refractivity contribution is 5.95. The largest absolute Gasteiger partial charge is 0.481 e. The van der Waals surface area contributed by atoms with Gasteiger partial charge in [-0.05, 0) is 17.4 Å². The molecular formula is C25H38N4O7. The minimum absolute atomic E-state index is 0.0360. The fourth-order valence-electron chi connectivity index (χ4n) is 3.43. The number of aliphatic carboxylic acids is 2. The van der Waals surface area contributed by atoms with Gasteiger partial charge in [0.25, 0.3) is 0 Å². The Hall–Kier alpha value is -3.47. The van der Waals surface area contributed by atoms with E-state index in [2.05, 4.69) is 16.0 Å². The Morgan fingerprint density at radius 1 is 0.806 bits per heavy atom. The summed E-state index contributed by atoms with van der Waals surface area (Å²) in [4.78, 5) is 61.7. The van der Waals surface area contributed by atoms with Crippen molar-refractivity contribution in [3.8, 4) is 0 Å². The quantitative estimate of drug-likeness (QED) is 0.200. The highest BCUT2D eigenvalue weighted by Gasteiger charge is 2.34. The number of carboxylic acid groups (broad SMARTS) is 2. The van der Waals surface area contributed by atoms with Crippen LogP contribution in [0.15, 0.2) is 30.3 Å². The summed E-state index contributed by atoms with van der Waals surface area (Å²) >= 11 is 0. The molecule has 0 radical (unpaired) electrons. The molecule has 0 saturated carbocycles. The number of carbonyl (C=O) groups is 5. The van der Waals surface area contributed by atoms with Gasteiger partial charge in [-0.15, -0.1) is 0 Å². The lowest BCUT2D eigenvalue weighted by Crippen LogP contribution is -2.59. The normalized spacial score (nSPS) is 15.9. The molecule has 1 rings (SSSR count). The van der Waals surface area contributed by atoms with Crippen molar-refractivity contribution in [2.24, 2.45) is 17.6 Å². The van der Waals surface area contributed by atoms with E-state index in [1.807, 2.05) is 6.92 Å². The molecule has 1 aromatic rings. The lowest BCUT2D eigenvalue weighted by atomic mass is 9.96. The lowest BCUT2D eigenvalue weighted by molar-refractivity contribution is -0.143. The van der Waals surface area contributed by atoms with Crippen LogP contribution in [-0.2, 0) is 30.4 Å². The third-order valence-corrected chi connectivity index (χ3v) is 6.26. The van der Waals surface area contributed by atoms with Crippen LogP contribution in [0, 0.1) is 11.8 Å². The number of carboxylic acids is 2. The second-order valence-corrected chi connectivity index (χ2v) is 9.03.